The maximum Gasteiger partial charge on any atom is 0.322 e. The molecule has 0 heterocycles. The van der Waals surface area contributed by atoms with Crippen molar-refractivity contribution in [2.45, 2.75) is 130 Å². The number of aryl methyl sites for hydroxylation is 1. The summed E-state index contributed by atoms with van der Waals surface area (Å²) in [6.45, 7) is 6.13. The lowest BCUT2D eigenvalue weighted by Crippen LogP contribution is -2.37. The van der Waals surface area contributed by atoms with E-state index in [1.54, 1.807) is 13.8 Å². The van der Waals surface area contributed by atoms with Gasteiger partial charge in [-0.05, 0) is 38.7 Å². The Morgan fingerprint density at radius 2 is 1.00 bits per heavy atom. The lowest BCUT2D eigenvalue weighted by molar-refractivity contribution is -0.169. The zero-order valence-electron chi connectivity index (χ0n) is 23.0. The van der Waals surface area contributed by atoms with Gasteiger partial charge in [0.15, 0.2) is 5.41 Å². The number of rotatable bonds is 22. The number of unbranched alkanes of at least 4 members (excludes halogenated alkanes) is 14. The predicted molar refractivity (Wildman–Crippen MR) is 145 cm³/mol. The molecule has 0 aromatic heterocycles. The third kappa shape index (κ3) is 15.7. The van der Waals surface area contributed by atoms with Crippen LogP contribution in [0.5, 0.6) is 0 Å². The lowest BCUT2D eigenvalue weighted by Gasteiger charge is -2.20. The fourth-order valence-electron chi connectivity index (χ4n) is 4.17. The smallest absolute Gasteiger partial charge is 0.322 e. The van der Waals surface area contributed by atoms with Crippen molar-refractivity contribution in [3.8, 4) is 0 Å². The van der Waals surface area contributed by atoms with E-state index in [1.165, 1.54) is 89.0 Å². The molecule has 4 nitrogen and oxygen atoms in total. The molecule has 1 rings (SSSR count). The highest BCUT2D eigenvalue weighted by Gasteiger charge is 2.39. The van der Waals surface area contributed by atoms with Crippen LogP contribution in [0.3, 0.4) is 0 Å². The van der Waals surface area contributed by atoms with E-state index in [2.05, 4.69) is 19.1 Å². The van der Waals surface area contributed by atoms with Gasteiger partial charge in [-0.1, -0.05) is 127 Å². The fourth-order valence-corrected chi connectivity index (χ4v) is 4.17. The molecule has 0 fully saturated rings. The zero-order valence-corrected chi connectivity index (χ0v) is 23.0. The maximum absolute atomic E-state index is 12.4. The van der Waals surface area contributed by atoms with E-state index in [0.717, 1.165) is 25.7 Å². The van der Waals surface area contributed by atoms with Crippen molar-refractivity contribution in [2.75, 3.05) is 13.2 Å². The van der Waals surface area contributed by atoms with E-state index in [0.29, 0.717) is 13.2 Å². The van der Waals surface area contributed by atoms with Gasteiger partial charge in [-0.25, -0.2) is 0 Å². The molecule has 1 aromatic carbocycles. The Morgan fingerprint density at radius 1 is 0.600 bits per heavy atom. The lowest BCUT2D eigenvalue weighted by atomic mass is 9.94. The molecule has 0 aliphatic heterocycles. The normalized spacial score (nSPS) is 11.4. The average Bonchev–Trinajstić information content (AvgIpc) is 2.86. The van der Waals surface area contributed by atoms with Gasteiger partial charge >= 0.3 is 11.9 Å². The van der Waals surface area contributed by atoms with Gasteiger partial charge in [-0.3, -0.25) is 9.59 Å². The second kappa shape index (κ2) is 20.4. The molecular formula is C31H52O4. The minimum absolute atomic E-state index is 0.309. The Balaban J connectivity index is 1.95. The van der Waals surface area contributed by atoms with Crippen LogP contribution in [-0.4, -0.2) is 25.2 Å². The van der Waals surface area contributed by atoms with Gasteiger partial charge in [0.1, 0.15) is 0 Å². The predicted octanol–water partition coefficient (Wildman–Crippen LogP) is 8.60. The number of ether oxygens (including phenoxy) is 2. The average molecular weight is 489 g/mol. The molecule has 0 N–H and O–H groups in total. The molecule has 0 aliphatic rings. The van der Waals surface area contributed by atoms with Gasteiger partial charge in [0, 0.05) is 0 Å². The van der Waals surface area contributed by atoms with Crippen LogP contribution in [0.1, 0.15) is 129 Å². The van der Waals surface area contributed by atoms with Gasteiger partial charge in [0.25, 0.3) is 0 Å². The van der Waals surface area contributed by atoms with Crippen LogP contribution in [0, 0.1) is 5.41 Å². The summed E-state index contributed by atoms with van der Waals surface area (Å²) >= 11 is 0. The quantitative estimate of drug-likeness (QED) is 0.0931. The maximum atomic E-state index is 12.4. The van der Waals surface area contributed by atoms with E-state index in [4.69, 9.17) is 9.47 Å². The summed E-state index contributed by atoms with van der Waals surface area (Å²) in [5.74, 6) is -0.997. The van der Waals surface area contributed by atoms with E-state index in [-0.39, 0.29) is 0 Å². The van der Waals surface area contributed by atoms with E-state index in [9.17, 15) is 9.59 Å². The molecule has 0 bridgehead atoms. The van der Waals surface area contributed by atoms with E-state index < -0.39 is 17.4 Å². The molecule has 0 saturated heterocycles. The summed E-state index contributed by atoms with van der Waals surface area (Å²) in [6.07, 6.45) is 21.1. The number of esters is 2. The topological polar surface area (TPSA) is 52.6 Å². The van der Waals surface area contributed by atoms with Crippen LogP contribution in [0.25, 0.3) is 0 Å². The highest BCUT2D eigenvalue weighted by molar-refractivity contribution is 5.99. The first kappa shape index (κ1) is 31.2. The van der Waals surface area contributed by atoms with Gasteiger partial charge in [-0.2, -0.15) is 0 Å². The van der Waals surface area contributed by atoms with Crippen molar-refractivity contribution in [1.82, 2.24) is 0 Å². The van der Waals surface area contributed by atoms with Gasteiger partial charge in [-0.15, -0.1) is 0 Å². The zero-order chi connectivity index (χ0) is 25.6. The Hall–Kier alpha value is -1.84. The summed E-state index contributed by atoms with van der Waals surface area (Å²) in [5.41, 5.74) is -0.0480. The molecule has 4 heteroatoms. The number of carbonyl (C=O) groups is 2. The van der Waals surface area contributed by atoms with Crippen molar-refractivity contribution in [1.29, 1.82) is 0 Å². The first-order valence-corrected chi connectivity index (χ1v) is 14.4. The molecule has 0 radical (unpaired) electrons. The van der Waals surface area contributed by atoms with Crippen molar-refractivity contribution in [3.05, 3.63) is 35.9 Å². The molecule has 0 saturated carbocycles. The van der Waals surface area contributed by atoms with Crippen LogP contribution in [0.4, 0.5) is 0 Å². The molecular weight excluding hydrogens is 436 g/mol. The van der Waals surface area contributed by atoms with E-state index in [1.807, 2.05) is 18.2 Å². The van der Waals surface area contributed by atoms with Crippen LogP contribution in [-0.2, 0) is 25.5 Å². The summed E-state index contributed by atoms with van der Waals surface area (Å²) in [6, 6.07) is 10.1. The molecule has 0 spiro atoms. The summed E-state index contributed by atoms with van der Waals surface area (Å²) in [7, 11) is 0. The number of hydrogen-bond acceptors (Lipinski definition) is 4. The monoisotopic (exact) mass is 488 g/mol. The summed E-state index contributed by atoms with van der Waals surface area (Å²) in [4.78, 5) is 24.8. The molecule has 1 aromatic rings. The first-order valence-electron chi connectivity index (χ1n) is 14.4. The van der Waals surface area contributed by atoms with Crippen molar-refractivity contribution >= 4 is 11.9 Å². The minimum atomic E-state index is -1.26. The highest BCUT2D eigenvalue weighted by atomic mass is 16.6. The first-order chi connectivity index (χ1) is 17.0. The Kier molecular flexibility index (Phi) is 18.1. The molecule has 0 unspecified atom stereocenters. The van der Waals surface area contributed by atoms with Crippen LogP contribution in [0.15, 0.2) is 30.3 Å². The van der Waals surface area contributed by atoms with Crippen LogP contribution < -0.4 is 0 Å². The van der Waals surface area contributed by atoms with Crippen molar-refractivity contribution < 1.29 is 19.1 Å². The van der Waals surface area contributed by atoms with E-state index >= 15 is 0 Å². The van der Waals surface area contributed by atoms with Crippen molar-refractivity contribution in [2.24, 2.45) is 5.41 Å². The number of hydrogen-bond donors (Lipinski definition) is 0. The largest absolute Gasteiger partial charge is 0.465 e. The Bertz CT molecular complexity index is 653. The fraction of sp³-hybridized carbons (Fsp3) is 0.742. The van der Waals surface area contributed by atoms with Gasteiger partial charge in [0.05, 0.1) is 13.2 Å². The molecule has 0 atom stereocenters. The SMILES string of the molecule is CCCCCCCCCCCCCCCCCOC(=O)C(C)(C)C(=O)OCCCc1ccccc1. The number of carbonyl (C=O) groups excluding carboxylic acids is 2. The summed E-state index contributed by atoms with van der Waals surface area (Å²) < 4.78 is 10.7. The molecule has 200 valence electrons. The highest BCUT2D eigenvalue weighted by Crippen LogP contribution is 2.20. The van der Waals surface area contributed by atoms with Gasteiger partial charge in [0.2, 0.25) is 0 Å². The molecule has 0 amide bonds. The second-order valence-electron chi connectivity index (χ2n) is 10.4. The van der Waals surface area contributed by atoms with Gasteiger partial charge < -0.3 is 9.47 Å². The summed E-state index contributed by atoms with van der Waals surface area (Å²) in [5, 5.41) is 0. The molecule has 35 heavy (non-hydrogen) atoms. The van der Waals surface area contributed by atoms with Crippen LogP contribution >= 0.6 is 0 Å². The number of benzene rings is 1. The van der Waals surface area contributed by atoms with Crippen LogP contribution in [0.2, 0.25) is 0 Å². The Labute approximate surface area is 215 Å². The standard InChI is InChI=1S/C31H52O4/c1-4-5-6-7-8-9-10-11-12-13-14-15-16-17-21-26-34-29(32)31(2,3)30(33)35-27-22-25-28-23-19-18-20-24-28/h18-20,23-24H,4-17,21-22,25-27H2,1-3H3. The third-order valence-electron chi connectivity index (χ3n) is 6.69. The third-order valence-corrected chi connectivity index (χ3v) is 6.69. The molecule has 0 aliphatic carbocycles. The minimum Gasteiger partial charge on any atom is -0.465 e. The second-order valence-corrected chi connectivity index (χ2v) is 10.4. The Morgan fingerprint density at radius 3 is 1.46 bits per heavy atom. The van der Waals surface area contributed by atoms with Crippen molar-refractivity contribution in [3.63, 3.8) is 0 Å².